The van der Waals surface area contributed by atoms with Crippen LogP contribution in [0.3, 0.4) is 0 Å². The van der Waals surface area contributed by atoms with E-state index in [1.807, 2.05) is 0 Å². The molecule has 1 atom stereocenters. The minimum atomic E-state index is 0.468. The van der Waals surface area contributed by atoms with Crippen LogP contribution >= 0.6 is 12.6 Å². The molecule has 2 heteroatoms. The molecule has 0 aliphatic heterocycles. The number of thiol groups is 1. The predicted octanol–water partition coefficient (Wildman–Crippen LogP) is 2.46. The standard InChI is InChI=1S/C12H21NS/c13-7-11(14)12-4-8-1-9(5-12)3-10(2-8)6-12/h8-11,14H,1-7,13H2. The monoisotopic (exact) mass is 211 g/mol. The van der Waals surface area contributed by atoms with Crippen molar-refractivity contribution in [3.05, 3.63) is 0 Å². The Hall–Kier alpha value is 0.310. The summed E-state index contributed by atoms with van der Waals surface area (Å²) in [7, 11) is 0. The van der Waals surface area contributed by atoms with Crippen LogP contribution < -0.4 is 5.73 Å². The van der Waals surface area contributed by atoms with E-state index >= 15 is 0 Å². The maximum Gasteiger partial charge on any atom is 0.0196 e. The fourth-order valence-corrected chi connectivity index (χ4v) is 5.15. The maximum atomic E-state index is 5.82. The van der Waals surface area contributed by atoms with Gasteiger partial charge in [0.2, 0.25) is 0 Å². The van der Waals surface area contributed by atoms with Crippen LogP contribution in [0.5, 0.6) is 0 Å². The van der Waals surface area contributed by atoms with Gasteiger partial charge in [-0.2, -0.15) is 12.6 Å². The molecule has 4 saturated carbocycles. The lowest BCUT2D eigenvalue weighted by Crippen LogP contribution is -2.51. The Morgan fingerprint density at radius 3 is 1.86 bits per heavy atom. The highest BCUT2D eigenvalue weighted by atomic mass is 32.1. The maximum absolute atomic E-state index is 5.82. The molecule has 0 amide bonds. The molecule has 0 aromatic carbocycles. The molecule has 0 aromatic rings. The highest BCUT2D eigenvalue weighted by Crippen LogP contribution is 2.61. The van der Waals surface area contributed by atoms with E-state index in [2.05, 4.69) is 0 Å². The minimum Gasteiger partial charge on any atom is -0.329 e. The number of rotatable bonds is 2. The van der Waals surface area contributed by atoms with Crippen LogP contribution in [0.1, 0.15) is 38.5 Å². The van der Waals surface area contributed by atoms with E-state index in [-0.39, 0.29) is 0 Å². The summed E-state index contributed by atoms with van der Waals surface area (Å²) in [6.45, 7) is 0.773. The van der Waals surface area contributed by atoms with Crippen molar-refractivity contribution in [1.82, 2.24) is 0 Å². The summed E-state index contributed by atoms with van der Waals surface area (Å²) in [5.74, 6) is 3.09. The molecule has 0 saturated heterocycles. The Morgan fingerprint density at radius 1 is 1.07 bits per heavy atom. The fraction of sp³-hybridized carbons (Fsp3) is 1.00. The second-order valence-corrected chi connectivity index (χ2v) is 6.65. The normalized spacial score (nSPS) is 52.3. The zero-order chi connectivity index (χ0) is 9.76. The van der Waals surface area contributed by atoms with Crippen LogP contribution in [0, 0.1) is 23.2 Å². The van der Waals surface area contributed by atoms with Gasteiger partial charge in [-0.15, -0.1) is 0 Å². The van der Waals surface area contributed by atoms with Crippen LogP contribution in [-0.4, -0.2) is 11.8 Å². The van der Waals surface area contributed by atoms with Gasteiger partial charge in [0.15, 0.2) is 0 Å². The Morgan fingerprint density at radius 2 is 1.50 bits per heavy atom. The highest BCUT2D eigenvalue weighted by molar-refractivity contribution is 7.81. The lowest BCUT2D eigenvalue weighted by atomic mass is 9.48. The average Bonchev–Trinajstić information content (AvgIpc) is 2.14. The van der Waals surface area contributed by atoms with E-state index < -0.39 is 0 Å². The molecule has 80 valence electrons. The molecule has 0 radical (unpaired) electrons. The van der Waals surface area contributed by atoms with Crippen LogP contribution in [0.4, 0.5) is 0 Å². The molecule has 4 bridgehead atoms. The topological polar surface area (TPSA) is 26.0 Å². The first kappa shape index (κ1) is 9.53. The molecule has 1 nitrogen and oxygen atoms in total. The fourth-order valence-electron chi connectivity index (χ4n) is 4.84. The van der Waals surface area contributed by atoms with Gasteiger partial charge in [0.1, 0.15) is 0 Å². The third-order valence-electron chi connectivity index (χ3n) is 5.02. The van der Waals surface area contributed by atoms with E-state index in [4.69, 9.17) is 18.4 Å². The Kier molecular flexibility index (Phi) is 2.14. The van der Waals surface area contributed by atoms with E-state index in [0.29, 0.717) is 10.7 Å². The van der Waals surface area contributed by atoms with Crippen molar-refractivity contribution >= 4 is 12.6 Å². The molecule has 0 heterocycles. The lowest BCUT2D eigenvalue weighted by Gasteiger charge is -2.58. The highest BCUT2D eigenvalue weighted by Gasteiger charge is 2.52. The van der Waals surface area contributed by atoms with E-state index in [0.717, 1.165) is 24.3 Å². The van der Waals surface area contributed by atoms with E-state index in [9.17, 15) is 0 Å². The summed E-state index contributed by atoms with van der Waals surface area (Å²) in [5.41, 5.74) is 6.37. The van der Waals surface area contributed by atoms with E-state index in [1.54, 1.807) is 0 Å². The molecular formula is C12H21NS. The van der Waals surface area contributed by atoms with Crippen molar-refractivity contribution in [1.29, 1.82) is 0 Å². The van der Waals surface area contributed by atoms with Gasteiger partial charge in [-0.3, -0.25) is 0 Å². The Bertz CT molecular complexity index is 203. The smallest absolute Gasteiger partial charge is 0.0196 e. The third kappa shape index (κ3) is 1.26. The van der Waals surface area contributed by atoms with Crippen LogP contribution in [0.2, 0.25) is 0 Å². The zero-order valence-electron chi connectivity index (χ0n) is 8.78. The second kappa shape index (κ2) is 3.15. The first-order valence-electron chi connectivity index (χ1n) is 6.10. The van der Waals surface area contributed by atoms with Crippen LogP contribution in [0.15, 0.2) is 0 Å². The zero-order valence-corrected chi connectivity index (χ0v) is 9.68. The summed E-state index contributed by atoms with van der Waals surface area (Å²) in [5, 5.41) is 0.468. The van der Waals surface area contributed by atoms with Gasteiger partial charge in [0.25, 0.3) is 0 Å². The molecule has 0 spiro atoms. The summed E-state index contributed by atoms with van der Waals surface area (Å²) in [6, 6.07) is 0. The summed E-state index contributed by atoms with van der Waals surface area (Å²) < 4.78 is 0. The van der Waals surface area contributed by atoms with Gasteiger partial charge in [0, 0.05) is 11.8 Å². The summed E-state index contributed by atoms with van der Waals surface area (Å²) in [6.07, 6.45) is 8.86. The Labute approximate surface area is 92.2 Å². The van der Waals surface area contributed by atoms with Crippen molar-refractivity contribution in [3.63, 3.8) is 0 Å². The molecule has 2 N–H and O–H groups in total. The quantitative estimate of drug-likeness (QED) is 0.674. The van der Waals surface area contributed by atoms with Gasteiger partial charge in [0.05, 0.1) is 0 Å². The predicted molar refractivity (Wildman–Crippen MR) is 62.4 cm³/mol. The van der Waals surface area contributed by atoms with Crippen molar-refractivity contribution in [2.45, 2.75) is 43.8 Å². The number of hydrogen-bond acceptors (Lipinski definition) is 2. The van der Waals surface area contributed by atoms with Crippen molar-refractivity contribution in [2.75, 3.05) is 6.54 Å². The van der Waals surface area contributed by atoms with Gasteiger partial charge in [-0.1, -0.05) is 0 Å². The SMILES string of the molecule is NCC(S)C12CC3CC(CC(C3)C1)C2. The van der Waals surface area contributed by atoms with Crippen molar-refractivity contribution < 1.29 is 0 Å². The minimum absolute atomic E-state index is 0.468. The largest absolute Gasteiger partial charge is 0.329 e. The van der Waals surface area contributed by atoms with Gasteiger partial charge < -0.3 is 5.73 Å². The van der Waals surface area contributed by atoms with Crippen molar-refractivity contribution in [2.24, 2.45) is 28.9 Å². The van der Waals surface area contributed by atoms with Gasteiger partial charge in [-0.25, -0.2) is 0 Å². The van der Waals surface area contributed by atoms with Crippen LogP contribution in [0.25, 0.3) is 0 Å². The molecule has 14 heavy (non-hydrogen) atoms. The first-order chi connectivity index (χ1) is 6.72. The second-order valence-electron chi connectivity index (χ2n) is 6.03. The van der Waals surface area contributed by atoms with Gasteiger partial charge >= 0.3 is 0 Å². The average molecular weight is 211 g/mol. The molecular weight excluding hydrogens is 190 g/mol. The lowest BCUT2D eigenvalue weighted by molar-refractivity contribution is -0.0518. The molecule has 4 fully saturated rings. The molecule has 4 aliphatic carbocycles. The Balaban J connectivity index is 1.87. The molecule has 0 aromatic heterocycles. The number of hydrogen-bond donors (Lipinski definition) is 2. The molecule has 4 aliphatic rings. The van der Waals surface area contributed by atoms with Gasteiger partial charge in [-0.05, 0) is 61.7 Å². The summed E-state index contributed by atoms with van der Waals surface area (Å²) in [4.78, 5) is 0. The molecule has 4 rings (SSSR count). The summed E-state index contributed by atoms with van der Waals surface area (Å²) >= 11 is 4.75. The van der Waals surface area contributed by atoms with Crippen LogP contribution in [-0.2, 0) is 0 Å². The number of nitrogens with two attached hydrogens (primary N) is 1. The molecule has 1 unspecified atom stereocenters. The van der Waals surface area contributed by atoms with Crippen molar-refractivity contribution in [3.8, 4) is 0 Å². The first-order valence-corrected chi connectivity index (χ1v) is 6.61. The van der Waals surface area contributed by atoms with E-state index in [1.165, 1.54) is 38.5 Å². The third-order valence-corrected chi connectivity index (χ3v) is 5.77.